The molecule has 0 aromatic heterocycles. The molecule has 0 radical (unpaired) electrons. The molecule has 1 aromatic carbocycles. The van der Waals surface area contributed by atoms with E-state index in [0.717, 1.165) is 5.56 Å². The molecular formula is C12H18O. The van der Waals surface area contributed by atoms with Crippen LogP contribution in [-0.4, -0.2) is 5.11 Å². The molecule has 0 saturated carbocycles. The Morgan fingerprint density at radius 2 is 1.77 bits per heavy atom. The van der Waals surface area contributed by atoms with Crippen molar-refractivity contribution in [2.45, 2.75) is 39.7 Å². The van der Waals surface area contributed by atoms with Crippen molar-refractivity contribution in [1.82, 2.24) is 0 Å². The quantitative estimate of drug-likeness (QED) is 0.737. The zero-order valence-corrected chi connectivity index (χ0v) is 8.83. The van der Waals surface area contributed by atoms with Gasteiger partial charge in [-0.3, -0.25) is 0 Å². The van der Waals surface area contributed by atoms with Gasteiger partial charge in [0.25, 0.3) is 0 Å². The molecule has 0 spiro atoms. The van der Waals surface area contributed by atoms with Gasteiger partial charge in [-0.2, -0.15) is 0 Å². The molecule has 0 fully saturated rings. The minimum atomic E-state index is -0.361. The highest BCUT2D eigenvalue weighted by molar-refractivity contribution is 5.33. The van der Waals surface area contributed by atoms with Crippen LogP contribution in [0.25, 0.3) is 0 Å². The number of aryl methyl sites for hydroxylation is 1. The monoisotopic (exact) mass is 178 g/mol. The van der Waals surface area contributed by atoms with Gasteiger partial charge in [-0.15, -0.1) is 0 Å². The lowest BCUT2D eigenvalue weighted by Crippen LogP contribution is -1.96. The summed E-state index contributed by atoms with van der Waals surface area (Å²) in [4.78, 5) is 0. The van der Waals surface area contributed by atoms with E-state index >= 15 is 0 Å². The molecule has 13 heavy (non-hydrogen) atoms. The maximum absolute atomic E-state index is 9.38. The highest BCUT2D eigenvalue weighted by Crippen LogP contribution is 2.22. The first-order valence-electron chi connectivity index (χ1n) is 4.81. The van der Waals surface area contributed by atoms with Gasteiger partial charge in [-0.05, 0) is 36.5 Å². The zero-order valence-electron chi connectivity index (χ0n) is 8.83. The lowest BCUT2D eigenvalue weighted by atomic mass is 9.95. The summed E-state index contributed by atoms with van der Waals surface area (Å²) in [5.41, 5.74) is 3.64. The summed E-state index contributed by atoms with van der Waals surface area (Å²) in [6, 6.07) is 6.19. The van der Waals surface area contributed by atoms with Crippen molar-refractivity contribution in [3.63, 3.8) is 0 Å². The van der Waals surface area contributed by atoms with Gasteiger partial charge in [-0.25, -0.2) is 0 Å². The van der Waals surface area contributed by atoms with Crippen LogP contribution in [0.5, 0.6) is 0 Å². The third-order valence-corrected chi connectivity index (χ3v) is 2.40. The molecule has 0 saturated heterocycles. The van der Waals surface area contributed by atoms with Crippen LogP contribution in [0.15, 0.2) is 18.2 Å². The molecule has 1 atom stereocenters. The van der Waals surface area contributed by atoms with Gasteiger partial charge in [0.05, 0.1) is 6.10 Å². The van der Waals surface area contributed by atoms with Gasteiger partial charge in [-0.1, -0.05) is 32.0 Å². The maximum Gasteiger partial charge on any atom is 0.0762 e. The van der Waals surface area contributed by atoms with Crippen molar-refractivity contribution in [2.24, 2.45) is 0 Å². The Hall–Kier alpha value is -0.820. The van der Waals surface area contributed by atoms with E-state index in [1.54, 1.807) is 6.92 Å². The minimum absolute atomic E-state index is 0.361. The van der Waals surface area contributed by atoms with Crippen molar-refractivity contribution in [3.05, 3.63) is 34.9 Å². The number of hydrogen-bond donors (Lipinski definition) is 1. The van der Waals surface area contributed by atoms with Gasteiger partial charge in [0.2, 0.25) is 0 Å². The third kappa shape index (κ3) is 2.31. The molecule has 1 heteroatoms. The van der Waals surface area contributed by atoms with Crippen LogP contribution in [0.1, 0.15) is 49.5 Å². The summed E-state index contributed by atoms with van der Waals surface area (Å²) in [6.45, 7) is 8.26. The van der Waals surface area contributed by atoms with Crippen LogP contribution in [0, 0.1) is 6.92 Å². The molecule has 1 unspecified atom stereocenters. The van der Waals surface area contributed by atoms with E-state index in [1.165, 1.54) is 11.1 Å². The number of hydrogen-bond acceptors (Lipinski definition) is 1. The standard InChI is InChI=1S/C12H18O/c1-8(2)12-6-5-11(10(4)13)7-9(12)3/h5-8,10,13H,1-4H3. The van der Waals surface area contributed by atoms with E-state index < -0.39 is 0 Å². The van der Waals surface area contributed by atoms with E-state index in [2.05, 4.69) is 32.9 Å². The third-order valence-electron chi connectivity index (χ3n) is 2.40. The van der Waals surface area contributed by atoms with Crippen molar-refractivity contribution in [1.29, 1.82) is 0 Å². The number of aliphatic hydroxyl groups excluding tert-OH is 1. The molecule has 0 heterocycles. The first-order chi connectivity index (χ1) is 6.02. The molecule has 1 nitrogen and oxygen atoms in total. The van der Waals surface area contributed by atoms with E-state index in [1.807, 2.05) is 6.07 Å². The summed E-state index contributed by atoms with van der Waals surface area (Å²) in [5.74, 6) is 0.558. The number of benzene rings is 1. The highest BCUT2D eigenvalue weighted by Gasteiger charge is 2.06. The SMILES string of the molecule is Cc1cc(C(C)O)ccc1C(C)C. The highest BCUT2D eigenvalue weighted by atomic mass is 16.3. The smallest absolute Gasteiger partial charge is 0.0762 e. The van der Waals surface area contributed by atoms with E-state index in [-0.39, 0.29) is 6.10 Å². The summed E-state index contributed by atoms with van der Waals surface area (Å²) in [5, 5.41) is 9.38. The average Bonchev–Trinajstić information content (AvgIpc) is 2.03. The molecule has 0 bridgehead atoms. The summed E-state index contributed by atoms with van der Waals surface area (Å²) >= 11 is 0. The molecule has 0 aliphatic rings. The number of rotatable bonds is 2. The number of aliphatic hydroxyl groups is 1. The van der Waals surface area contributed by atoms with Gasteiger partial charge < -0.3 is 5.11 Å². The molecule has 0 amide bonds. The van der Waals surface area contributed by atoms with Crippen LogP contribution in [0.4, 0.5) is 0 Å². The predicted octanol–water partition coefficient (Wildman–Crippen LogP) is 3.17. The first kappa shape index (κ1) is 10.3. The van der Waals surface area contributed by atoms with Gasteiger partial charge >= 0.3 is 0 Å². The first-order valence-corrected chi connectivity index (χ1v) is 4.81. The fraction of sp³-hybridized carbons (Fsp3) is 0.500. The molecule has 1 aromatic rings. The van der Waals surface area contributed by atoms with Crippen molar-refractivity contribution >= 4 is 0 Å². The molecule has 0 aliphatic carbocycles. The van der Waals surface area contributed by atoms with Crippen LogP contribution >= 0.6 is 0 Å². The normalized spacial score (nSPS) is 13.4. The molecule has 0 aliphatic heterocycles. The lowest BCUT2D eigenvalue weighted by Gasteiger charge is -2.12. The van der Waals surface area contributed by atoms with E-state index in [9.17, 15) is 5.11 Å². The summed E-state index contributed by atoms with van der Waals surface area (Å²) < 4.78 is 0. The Bertz CT molecular complexity index is 287. The fourth-order valence-electron chi connectivity index (χ4n) is 1.61. The Balaban J connectivity index is 3.06. The maximum atomic E-state index is 9.38. The Labute approximate surface area is 80.4 Å². The largest absolute Gasteiger partial charge is 0.389 e. The van der Waals surface area contributed by atoms with Crippen molar-refractivity contribution < 1.29 is 5.11 Å². The van der Waals surface area contributed by atoms with E-state index in [4.69, 9.17) is 0 Å². The van der Waals surface area contributed by atoms with Crippen LogP contribution < -0.4 is 0 Å². The Morgan fingerprint density at radius 1 is 1.15 bits per heavy atom. The topological polar surface area (TPSA) is 20.2 Å². The van der Waals surface area contributed by atoms with Crippen molar-refractivity contribution in [2.75, 3.05) is 0 Å². The Morgan fingerprint density at radius 3 is 2.15 bits per heavy atom. The lowest BCUT2D eigenvalue weighted by molar-refractivity contribution is 0.199. The van der Waals surface area contributed by atoms with Gasteiger partial charge in [0.15, 0.2) is 0 Å². The molecule has 72 valence electrons. The van der Waals surface area contributed by atoms with Crippen LogP contribution in [0.2, 0.25) is 0 Å². The summed E-state index contributed by atoms with van der Waals surface area (Å²) in [7, 11) is 0. The molecular weight excluding hydrogens is 160 g/mol. The van der Waals surface area contributed by atoms with Crippen molar-refractivity contribution in [3.8, 4) is 0 Å². The Kier molecular flexibility index (Phi) is 3.10. The molecule has 1 N–H and O–H groups in total. The van der Waals surface area contributed by atoms with Crippen LogP contribution in [-0.2, 0) is 0 Å². The predicted molar refractivity (Wildman–Crippen MR) is 55.9 cm³/mol. The minimum Gasteiger partial charge on any atom is -0.389 e. The second kappa shape index (κ2) is 3.93. The summed E-state index contributed by atoms with van der Waals surface area (Å²) in [6.07, 6.45) is -0.361. The molecule has 1 rings (SSSR count). The second-order valence-electron chi connectivity index (χ2n) is 3.95. The zero-order chi connectivity index (χ0) is 10.0. The van der Waals surface area contributed by atoms with Crippen LogP contribution in [0.3, 0.4) is 0 Å². The fourth-order valence-corrected chi connectivity index (χ4v) is 1.61. The second-order valence-corrected chi connectivity index (χ2v) is 3.95. The average molecular weight is 178 g/mol. The van der Waals surface area contributed by atoms with Gasteiger partial charge in [0, 0.05) is 0 Å². The van der Waals surface area contributed by atoms with E-state index in [0.29, 0.717) is 5.92 Å². The van der Waals surface area contributed by atoms with Gasteiger partial charge in [0.1, 0.15) is 0 Å².